The van der Waals surface area contributed by atoms with Crippen LogP contribution in [0.1, 0.15) is 8.29 Å². The largest absolute Gasteiger partial charge is 0.310 e. The van der Waals surface area contributed by atoms with Gasteiger partial charge in [-0.15, -0.1) is 0 Å². The highest BCUT2D eigenvalue weighted by atomic mass is 15.0. The molecule has 0 aliphatic carbocycles. The van der Waals surface area contributed by atoms with E-state index in [-0.39, 0.29) is 0 Å². The minimum absolute atomic E-state index is 0.413. The molecule has 0 bridgehead atoms. The van der Waals surface area contributed by atoms with E-state index in [1.165, 1.54) is 0 Å². The maximum Gasteiger partial charge on any atom is 0.0394 e. The molecule has 0 N–H and O–H groups in total. The molecule has 1 nitrogen and oxygen atoms in total. The lowest BCUT2D eigenvalue weighted by Crippen LogP contribution is -2.08. The maximum atomic E-state index is 6.73. The summed E-state index contributed by atoms with van der Waals surface area (Å²) in [4.78, 5) is 1.92. The number of rotatable bonds is 1. The van der Waals surface area contributed by atoms with Gasteiger partial charge in [0.2, 0.25) is 0 Å². The van der Waals surface area contributed by atoms with Crippen molar-refractivity contribution >= 4 is 0 Å². The predicted octanol–water partition coefficient (Wildman–Crippen LogP) is 0.568. The summed E-state index contributed by atoms with van der Waals surface area (Å²) in [5.74, 6) is 0. The summed E-state index contributed by atoms with van der Waals surface area (Å²) in [5.41, 5.74) is 0. The van der Waals surface area contributed by atoms with Gasteiger partial charge >= 0.3 is 0 Å². The Labute approximate surface area is 35.0 Å². The molecule has 0 radical (unpaired) electrons. The molecule has 0 fully saturated rings. The summed E-state index contributed by atoms with van der Waals surface area (Å²) < 4.78 is 6.73. The smallest absolute Gasteiger partial charge is 0.0394 e. The van der Waals surface area contributed by atoms with Crippen molar-refractivity contribution < 1.29 is 1.37 Å². The van der Waals surface area contributed by atoms with Crippen LogP contribution in [0.5, 0.6) is 0 Å². The van der Waals surface area contributed by atoms with Crippen LogP contribution < -0.4 is 0 Å². The van der Waals surface area contributed by atoms with Crippen LogP contribution in [0.4, 0.5) is 0 Å². The van der Waals surface area contributed by atoms with E-state index in [0.717, 1.165) is 6.54 Å². The monoisotopic (exact) mass is 75.1 g/mol. The van der Waals surface area contributed by atoms with E-state index < -0.39 is 0 Å². The molecule has 0 spiro atoms. The summed E-state index contributed by atoms with van der Waals surface area (Å²) >= 11 is 0. The Morgan fingerprint density at radius 3 is 2.60 bits per heavy atom. The van der Waals surface area contributed by atoms with Gasteiger partial charge < -0.3 is 4.90 Å². The second-order valence-corrected chi connectivity index (χ2v) is 1.17. The van der Waals surface area contributed by atoms with Crippen molar-refractivity contribution in [1.29, 1.82) is 0 Å². The molecule has 0 saturated heterocycles. The fraction of sp³-hybridized carbons (Fsp3) is 1.00. The summed E-state index contributed by atoms with van der Waals surface area (Å²) in [7, 11) is 2.34. The Hall–Kier alpha value is -0.0400. The Bertz CT molecular complexity index is 26.7. The minimum atomic E-state index is 0.413. The van der Waals surface area contributed by atoms with Gasteiger partial charge in [-0.25, -0.2) is 0 Å². The molecule has 0 atom stereocenters. The van der Waals surface area contributed by atoms with E-state index in [9.17, 15) is 0 Å². The van der Waals surface area contributed by atoms with Gasteiger partial charge in [-0.2, -0.15) is 0 Å². The molecular weight excluding hydrogens is 62.1 g/mol. The van der Waals surface area contributed by atoms with E-state index in [0.29, 0.717) is 7.02 Å². The Kier molecular flexibility index (Phi) is 1.40. The first-order valence-corrected chi connectivity index (χ1v) is 1.79. The fourth-order valence-electron chi connectivity index (χ4n) is 0. The molecule has 0 saturated carbocycles. The van der Waals surface area contributed by atoms with E-state index in [4.69, 9.17) is 1.37 Å². The molecule has 0 aliphatic rings. The van der Waals surface area contributed by atoms with Crippen LogP contribution in [-0.4, -0.2) is 25.5 Å². The fourth-order valence-corrected chi connectivity index (χ4v) is 0. The molecule has 0 amide bonds. The quantitative estimate of drug-likeness (QED) is 0.440. The zero-order valence-electron chi connectivity index (χ0n) is 4.86. The summed E-state index contributed by atoms with van der Waals surface area (Å²) in [6.07, 6.45) is 0. The number of hydrogen-bond donors (Lipinski definition) is 0. The molecular formula is C4H11N. The highest BCUT2D eigenvalue weighted by Crippen LogP contribution is 1.63. The second kappa shape index (κ2) is 2.21. The first kappa shape index (κ1) is 3.16. The lowest BCUT2D eigenvalue weighted by Gasteiger charge is -2.00. The Morgan fingerprint density at radius 2 is 2.60 bits per heavy atom. The zero-order valence-corrected chi connectivity index (χ0v) is 3.86. The van der Waals surface area contributed by atoms with Gasteiger partial charge in [0.15, 0.2) is 0 Å². The van der Waals surface area contributed by atoms with Gasteiger partial charge in [-0.1, -0.05) is 6.92 Å². The van der Waals surface area contributed by atoms with Crippen LogP contribution in [-0.2, 0) is 0 Å². The molecule has 5 heavy (non-hydrogen) atoms. The Morgan fingerprint density at radius 1 is 2.00 bits per heavy atom. The van der Waals surface area contributed by atoms with Crippen LogP contribution >= 0.6 is 0 Å². The molecule has 0 aliphatic heterocycles. The number of hydrogen-bond acceptors (Lipinski definition) is 1. The lowest BCUT2D eigenvalue weighted by molar-refractivity contribution is 0.434. The van der Waals surface area contributed by atoms with Crippen molar-refractivity contribution in [3.8, 4) is 0 Å². The summed E-state index contributed by atoms with van der Waals surface area (Å²) in [6, 6.07) is 0. The topological polar surface area (TPSA) is 3.24 Å². The van der Waals surface area contributed by atoms with Gasteiger partial charge in [-0.3, -0.25) is 0 Å². The van der Waals surface area contributed by atoms with Crippen molar-refractivity contribution in [3.05, 3.63) is 0 Å². The van der Waals surface area contributed by atoms with Gasteiger partial charge in [0.1, 0.15) is 0 Å². The molecule has 0 aromatic heterocycles. The molecule has 32 valence electrons. The molecule has 1 heteroatoms. The van der Waals surface area contributed by atoms with Gasteiger partial charge in [0, 0.05) is 1.37 Å². The summed E-state index contributed by atoms with van der Waals surface area (Å²) in [6.45, 7) is 3.01. The third-order valence-electron chi connectivity index (χ3n) is 0.540. The first-order valence-electron chi connectivity index (χ1n) is 2.49. The first-order chi connectivity index (χ1) is 2.81. The summed E-state index contributed by atoms with van der Waals surface area (Å²) in [5, 5.41) is 0. The molecule has 0 unspecified atom stereocenters. The second-order valence-electron chi connectivity index (χ2n) is 1.17. The SMILES string of the molecule is [3H]CN(C)CC. The maximum absolute atomic E-state index is 6.73. The Balaban J connectivity index is 2.75. The van der Waals surface area contributed by atoms with Crippen LogP contribution in [0, 0.1) is 0 Å². The van der Waals surface area contributed by atoms with Gasteiger partial charge in [-0.05, 0) is 20.6 Å². The van der Waals surface area contributed by atoms with Crippen LogP contribution in [0.25, 0.3) is 0 Å². The highest BCUT2D eigenvalue weighted by Gasteiger charge is 1.72. The molecule has 0 heterocycles. The van der Waals surface area contributed by atoms with Crippen molar-refractivity contribution in [2.75, 3.05) is 20.6 Å². The molecule has 0 aromatic carbocycles. The number of nitrogens with zero attached hydrogens (tertiary/aromatic N) is 1. The average molecular weight is 75.1 g/mol. The van der Waals surface area contributed by atoms with Crippen LogP contribution in [0.15, 0.2) is 0 Å². The van der Waals surface area contributed by atoms with Gasteiger partial charge in [0.05, 0.1) is 0 Å². The highest BCUT2D eigenvalue weighted by molar-refractivity contribution is 4.25. The van der Waals surface area contributed by atoms with E-state index >= 15 is 0 Å². The van der Waals surface area contributed by atoms with Crippen molar-refractivity contribution in [2.24, 2.45) is 0 Å². The normalized spacial score (nSPS) is 12.2. The van der Waals surface area contributed by atoms with Crippen LogP contribution in [0.3, 0.4) is 0 Å². The standard InChI is InChI=1S/C4H11N/c1-4-5(2)3/h4H2,1-3H3/i2T. The van der Waals surface area contributed by atoms with Crippen LogP contribution in [0.2, 0.25) is 0 Å². The molecule has 0 rings (SSSR count). The minimum Gasteiger partial charge on any atom is -0.310 e. The zero-order chi connectivity index (χ0) is 4.99. The molecule has 0 aromatic rings. The van der Waals surface area contributed by atoms with E-state index in [1.807, 2.05) is 18.9 Å². The van der Waals surface area contributed by atoms with Crippen molar-refractivity contribution in [1.82, 2.24) is 4.90 Å². The average Bonchev–Trinajstić information content (AvgIpc) is 1.65. The van der Waals surface area contributed by atoms with Crippen molar-refractivity contribution in [2.45, 2.75) is 6.92 Å². The van der Waals surface area contributed by atoms with Gasteiger partial charge in [0.25, 0.3) is 0 Å². The third-order valence-corrected chi connectivity index (χ3v) is 0.540. The van der Waals surface area contributed by atoms with Crippen molar-refractivity contribution in [3.63, 3.8) is 0 Å². The lowest BCUT2D eigenvalue weighted by atomic mass is 10.7. The van der Waals surface area contributed by atoms with E-state index in [1.54, 1.807) is 0 Å². The van der Waals surface area contributed by atoms with E-state index in [2.05, 4.69) is 0 Å². The third kappa shape index (κ3) is 3.96. The predicted molar refractivity (Wildman–Crippen MR) is 24.2 cm³/mol.